The Kier molecular flexibility index (Phi) is 6.17. The van der Waals surface area contributed by atoms with E-state index in [4.69, 9.17) is 4.42 Å². The number of hydrogen-bond acceptors (Lipinski definition) is 0. The minimum atomic E-state index is -6.00. The van der Waals surface area contributed by atoms with Crippen molar-refractivity contribution in [3.8, 4) is 22.5 Å². The number of fused-ring (bicyclic) bond motifs is 1. The zero-order valence-electron chi connectivity index (χ0n) is 15.6. The van der Waals surface area contributed by atoms with Crippen LogP contribution in [0.4, 0.5) is 17.3 Å². The van der Waals surface area contributed by atoms with Crippen LogP contribution in [0.1, 0.15) is 29.7 Å². The van der Waals surface area contributed by atoms with Crippen LogP contribution >= 0.6 is 0 Å². The Bertz CT molecular complexity index is 919. The molecule has 0 amide bonds. The molecular weight excluding hydrogens is 367 g/mol. The van der Waals surface area contributed by atoms with Crippen LogP contribution < -0.4 is 0 Å². The van der Waals surface area contributed by atoms with Gasteiger partial charge in [-0.25, -0.2) is 4.42 Å². The first-order valence-electron chi connectivity index (χ1n) is 9.31. The van der Waals surface area contributed by atoms with Gasteiger partial charge in [0.2, 0.25) is 0 Å². The largest absolute Gasteiger partial charge is 0.673 e. The number of aryl methyl sites for hydroxylation is 1. The van der Waals surface area contributed by atoms with Gasteiger partial charge in [0, 0.05) is 5.56 Å². The molecule has 1 aliphatic rings. The summed E-state index contributed by atoms with van der Waals surface area (Å²) in [5.41, 5.74) is 6.51. The summed E-state index contributed by atoms with van der Waals surface area (Å²) < 4.78 is 45.4. The lowest BCUT2D eigenvalue weighted by Crippen LogP contribution is -2.07. The van der Waals surface area contributed by atoms with Crippen molar-refractivity contribution < 1.29 is 21.7 Å². The van der Waals surface area contributed by atoms with E-state index in [2.05, 4.69) is 67.6 Å². The Morgan fingerprint density at radius 1 is 0.750 bits per heavy atom. The third-order valence-corrected chi connectivity index (χ3v) is 4.76. The van der Waals surface area contributed by atoms with Gasteiger partial charge in [-0.15, -0.1) is 0 Å². The molecule has 146 valence electrons. The van der Waals surface area contributed by atoms with E-state index < -0.39 is 7.25 Å². The second kappa shape index (κ2) is 8.59. The molecule has 0 spiro atoms. The van der Waals surface area contributed by atoms with E-state index >= 15 is 0 Å². The van der Waals surface area contributed by atoms with Crippen LogP contribution in [0.3, 0.4) is 0 Å². The zero-order chi connectivity index (χ0) is 20.1. The van der Waals surface area contributed by atoms with Crippen LogP contribution in [0.15, 0.2) is 65.1 Å². The van der Waals surface area contributed by atoms with Crippen LogP contribution in [-0.4, -0.2) is 7.25 Å². The van der Waals surface area contributed by atoms with Gasteiger partial charge in [0.1, 0.15) is 0 Å². The lowest BCUT2D eigenvalue weighted by atomic mass is 9.86. The number of halogens is 4. The second-order valence-electron chi connectivity index (χ2n) is 6.77. The molecule has 4 rings (SSSR count). The maximum absolute atomic E-state index is 9.75. The Labute approximate surface area is 162 Å². The number of hydrogen-bond donors (Lipinski definition) is 0. The zero-order valence-corrected chi connectivity index (χ0v) is 15.6. The lowest BCUT2D eigenvalue weighted by Gasteiger charge is -2.15. The van der Waals surface area contributed by atoms with Gasteiger partial charge in [-0.2, -0.15) is 0 Å². The first kappa shape index (κ1) is 20.1. The minimum Gasteiger partial charge on any atom is -0.418 e. The molecule has 0 bridgehead atoms. The van der Waals surface area contributed by atoms with Gasteiger partial charge in [-0.05, 0) is 43.9 Å². The van der Waals surface area contributed by atoms with Gasteiger partial charge in [0.25, 0.3) is 0 Å². The van der Waals surface area contributed by atoms with Crippen molar-refractivity contribution in [2.24, 2.45) is 0 Å². The molecule has 1 nitrogen and oxygen atoms in total. The van der Waals surface area contributed by atoms with Crippen molar-refractivity contribution in [3.63, 3.8) is 0 Å². The highest BCUT2D eigenvalue weighted by atomic mass is 19.5. The van der Waals surface area contributed by atoms with E-state index in [1.807, 2.05) is 0 Å². The van der Waals surface area contributed by atoms with Crippen molar-refractivity contribution in [2.75, 3.05) is 0 Å². The Hall–Kier alpha value is -2.63. The number of rotatable bonds is 2. The summed E-state index contributed by atoms with van der Waals surface area (Å²) in [7, 11) is -6.00. The van der Waals surface area contributed by atoms with E-state index in [0.29, 0.717) is 0 Å². The van der Waals surface area contributed by atoms with Crippen molar-refractivity contribution >= 4 is 7.25 Å². The third-order valence-electron chi connectivity index (χ3n) is 4.76. The third kappa shape index (κ3) is 5.00. The molecular formula is C22H21BF4O. The molecule has 0 unspecified atom stereocenters. The average molecular weight is 388 g/mol. The highest BCUT2D eigenvalue weighted by Crippen LogP contribution is 2.39. The van der Waals surface area contributed by atoms with Gasteiger partial charge in [0.15, 0.2) is 0 Å². The minimum absolute atomic E-state index is 1.02. The van der Waals surface area contributed by atoms with Crippen LogP contribution in [0, 0.1) is 6.92 Å². The first-order valence-corrected chi connectivity index (χ1v) is 9.31. The molecule has 6 heteroatoms. The van der Waals surface area contributed by atoms with Crippen LogP contribution in [0.5, 0.6) is 0 Å². The predicted molar refractivity (Wildman–Crippen MR) is 106 cm³/mol. The molecule has 0 aliphatic heterocycles. The molecule has 0 saturated heterocycles. The van der Waals surface area contributed by atoms with Gasteiger partial charge in [0.05, 0.1) is 23.1 Å². The molecule has 3 aromatic rings. The lowest BCUT2D eigenvalue weighted by molar-refractivity contribution is 0.368. The van der Waals surface area contributed by atoms with Crippen LogP contribution in [0.2, 0.25) is 0 Å². The summed E-state index contributed by atoms with van der Waals surface area (Å²) in [5.74, 6) is 2.20. The fraction of sp³-hybridized carbons (Fsp3) is 0.227. The van der Waals surface area contributed by atoms with Crippen molar-refractivity contribution in [1.82, 2.24) is 0 Å². The quantitative estimate of drug-likeness (QED) is 0.253. The van der Waals surface area contributed by atoms with E-state index in [1.165, 1.54) is 40.9 Å². The first-order chi connectivity index (χ1) is 13.3. The molecule has 1 aliphatic carbocycles. The Morgan fingerprint density at radius 3 is 1.82 bits per heavy atom. The van der Waals surface area contributed by atoms with E-state index in [1.54, 1.807) is 0 Å². The van der Waals surface area contributed by atoms with Gasteiger partial charge in [-0.3, -0.25) is 0 Å². The molecule has 2 aromatic carbocycles. The van der Waals surface area contributed by atoms with Gasteiger partial charge in [-0.1, -0.05) is 48.5 Å². The molecule has 0 fully saturated rings. The molecule has 0 atom stereocenters. The molecule has 1 aromatic heterocycles. The topological polar surface area (TPSA) is 11.3 Å². The highest BCUT2D eigenvalue weighted by molar-refractivity contribution is 6.50. The average Bonchev–Trinajstić information content (AvgIpc) is 2.67. The second-order valence-corrected chi connectivity index (χ2v) is 6.77. The van der Waals surface area contributed by atoms with Gasteiger partial charge < -0.3 is 17.3 Å². The summed E-state index contributed by atoms with van der Waals surface area (Å²) in [6.07, 6.45) is 4.66. The standard InChI is InChI=1S/C22H21O.BF4/c1-16-21(17-10-4-2-5-11-17)19-14-8-9-15-20(19)23-22(16)18-12-6-3-7-13-18;2-1(3,4)5/h2-7,10-13H,8-9,14-15H2,1H3;/q+1;-1. The smallest absolute Gasteiger partial charge is 0.418 e. The van der Waals surface area contributed by atoms with Crippen molar-refractivity contribution in [1.29, 1.82) is 0 Å². The maximum Gasteiger partial charge on any atom is 0.673 e. The van der Waals surface area contributed by atoms with Crippen LogP contribution in [-0.2, 0) is 12.8 Å². The summed E-state index contributed by atoms with van der Waals surface area (Å²) in [6.45, 7) is 2.20. The van der Waals surface area contributed by atoms with Crippen molar-refractivity contribution in [3.05, 3.63) is 77.6 Å². The Morgan fingerprint density at radius 2 is 1.25 bits per heavy atom. The fourth-order valence-electron chi connectivity index (χ4n) is 3.65. The maximum atomic E-state index is 9.75. The van der Waals surface area contributed by atoms with Gasteiger partial charge >= 0.3 is 18.8 Å². The molecule has 0 N–H and O–H groups in total. The van der Waals surface area contributed by atoms with Crippen LogP contribution in [0.25, 0.3) is 22.5 Å². The highest BCUT2D eigenvalue weighted by Gasteiger charge is 2.31. The summed E-state index contributed by atoms with van der Waals surface area (Å²) in [6, 6.07) is 21.2. The normalized spacial score (nSPS) is 13.3. The monoisotopic (exact) mass is 388 g/mol. The number of benzene rings is 2. The predicted octanol–water partition coefficient (Wildman–Crippen LogP) is 7.38. The van der Waals surface area contributed by atoms with E-state index in [0.717, 1.165) is 24.2 Å². The SMILES string of the molecule is Cc1c(-c2ccccc2)[o+]c2c(c1-c1ccccc1)CCCC2.F[B-](F)(F)F. The molecule has 28 heavy (non-hydrogen) atoms. The summed E-state index contributed by atoms with van der Waals surface area (Å²) >= 11 is 0. The molecule has 0 radical (unpaired) electrons. The molecule has 0 saturated carbocycles. The van der Waals surface area contributed by atoms with E-state index in [-0.39, 0.29) is 0 Å². The van der Waals surface area contributed by atoms with Crippen molar-refractivity contribution in [2.45, 2.75) is 32.6 Å². The summed E-state index contributed by atoms with van der Waals surface area (Å²) in [4.78, 5) is 0. The molecule has 1 heterocycles. The summed E-state index contributed by atoms with van der Waals surface area (Å²) in [5, 5.41) is 0. The van der Waals surface area contributed by atoms with E-state index in [9.17, 15) is 17.3 Å². The fourth-order valence-corrected chi connectivity index (χ4v) is 3.65. The Balaban J connectivity index is 0.000000403.